The molecule has 0 aromatic heterocycles. The van der Waals surface area contributed by atoms with Gasteiger partial charge in [-0.05, 0) is 85.5 Å². The summed E-state index contributed by atoms with van der Waals surface area (Å²) in [6.07, 6.45) is 4.10. The van der Waals surface area contributed by atoms with Gasteiger partial charge in [-0.15, -0.1) is 0 Å². The number of amides is 1. The summed E-state index contributed by atoms with van der Waals surface area (Å²) in [5.74, 6) is 0.794. The summed E-state index contributed by atoms with van der Waals surface area (Å²) in [5, 5.41) is 6.37. The van der Waals surface area contributed by atoms with Crippen molar-refractivity contribution in [3.05, 3.63) is 27.3 Å². The molecule has 0 aliphatic carbocycles. The lowest BCUT2D eigenvalue weighted by Crippen LogP contribution is -2.30. The first-order valence-electron chi connectivity index (χ1n) is 6.92. The average Bonchev–Trinajstić information content (AvgIpc) is 2.42. The van der Waals surface area contributed by atoms with Gasteiger partial charge in [-0.3, -0.25) is 4.79 Å². The van der Waals surface area contributed by atoms with E-state index in [1.54, 1.807) is 0 Å². The van der Waals surface area contributed by atoms with E-state index in [9.17, 15) is 4.79 Å². The fourth-order valence-corrected chi connectivity index (χ4v) is 2.91. The van der Waals surface area contributed by atoms with Gasteiger partial charge in [0.2, 0.25) is 5.91 Å². The fourth-order valence-electron chi connectivity index (χ4n) is 2.40. The molecule has 1 aliphatic rings. The first kappa shape index (κ1) is 14.8. The maximum absolute atomic E-state index is 11.9. The predicted molar refractivity (Wildman–Crippen MR) is 87.4 cm³/mol. The molecule has 1 heterocycles. The molecule has 3 nitrogen and oxygen atoms in total. The van der Waals surface area contributed by atoms with Crippen LogP contribution in [0, 0.1) is 16.4 Å². The van der Waals surface area contributed by atoms with Crippen LogP contribution in [0.4, 0.5) is 5.69 Å². The monoisotopic (exact) mass is 372 g/mol. The van der Waals surface area contributed by atoms with E-state index in [-0.39, 0.29) is 5.91 Å². The summed E-state index contributed by atoms with van der Waals surface area (Å²) in [6, 6.07) is 6.04. The van der Waals surface area contributed by atoms with Crippen LogP contribution in [0.5, 0.6) is 0 Å². The molecule has 0 radical (unpaired) electrons. The highest BCUT2D eigenvalue weighted by Gasteiger charge is 2.14. The number of aryl methyl sites for hydroxylation is 1. The zero-order valence-electron chi connectivity index (χ0n) is 11.3. The Kier molecular flexibility index (Phi) is 5.63. The van der Waals surface area contributed by atoms with Crippen molar-refractivity contribution >= 4 is 34.2 Å². The Morgan fingerprint density at radius 2 is 2.37 bits per heavy atom. The molecule has 1 atom stereocenters. The molecule has 0 saturated carbocycles. The summed E-state index contributed by atoms with van der Waals surface area (Å²) in [7, 11) is 0. The molecular weight excluding hydrogens is 351 g/mol. The van der Waals surface area contributed by atoms with E-state index >= 15 is 0 Å². The molecular formula is C15H21IN2O. The van der Waals surface area contributed by atoms with E-state index in [1.165, 1.54) is 22.0 Å². The lowest BCUT2D eigenvalue weighted by Gasteiger charge is -2.22. The Balaban J connectivity index is 1.78. The van der Waals surface area contributed by atoms with Gasteiger partial charge < -0.3 is 10.6 Å². The zero-order valence-corrected chi connectivity index (χ0v) is 13.5. The molecule has 104 valence electrons. The number of hydrogen-bond donors (Lipinski definition) is 2. The van der Waals surface area contributed by atoms with Gasteiger partial charge in [0.1, 0.15) is 0 Å². The minimum absolute atomic E-state index is 0.130. The van der Waals surface area contributed by atoms with Crippen molar-refractivity contribution < 1.29 is 4.79 Å². The van der Waals surface area contributed by atoms with E-state index in [4.69, 9.17) is 0 Å². The summed E-state index contributed by atoms with van der Waals surface area (Å²) in [6.45, 7) is 4.27. The van der Waals surface area contributed by atoms with Crippen LogP contribution in [0.1, 0.15) is 31.2 Å². The maximum Gasteiger partial charge on any atom is 0.224 e. The molecule has 2 N–H and O–H groups in total. The Morgan fingerprint density at radius 1 is 1.53 bits per heavy atom. The SMILES string of the molecule is Cc1ccc(NC(=O)CCC2CCCNC2)cc1I. The number of benzene rings is 1. The second-order valence-corrected chi connectivity index (χ2v) is 6.43. The van der Waals surface area contributed by atoms with Crippen molar-refractivity contribution in [2.75, 3.05) is 18.4 Å². The lowest BCUT2D eigenvalue weighted by atomic mass is 9.94. The van der Waals surface area contributed by atoms with Crippen LogP contribution in [0.25, 0.3) is 0 Å². The van der Waals surface area contributed by atoms with E-state index in [1.807, 2.05) is 18.2 Å². The van der Waals surface area contributed by atoms with Gasteiger partial charge in [0, 0.05) is 15.7 Å². The van der Waals surface area contributed by atoms with Gasteiger partial charge in [0.15, 0.2) is 0 Å². The van der Waals surface area contributed by atoms with Crippen molar-refractivity contribution in [3.8, 4) is 0 Å². The summed E-state index contributed by atoms with van der Waals surface area (Å²) < 4.78 is 1.19. The molecule has 1 fully saturated rings. The molecule has 1 aromatic carbocycles. The average molecular weight is 372 g/mol. The number of nitrogens with one attached hydrogen (secondary N) is 2. The number of rotatable bonds is 4. The normalized spacial score (nSPS) is 19.2. The van der Waals surface area contributed by atoms with Gasteiger partial charge in [-0.1, -0.05) is 6.07 Å². The van der Waals surface area contributed by atoms with E-state index in [2.05, 4.69) is 40.1 Å². The van der Waals surface area contributed by atoms with Crippen LogP contribution in [0.15, 0.2) is 18.2 Å². The third kappa shape index (κ3) is 4.76. The minimum atomic E-state index is 0.130. The lowest BCUT2D eigenvalue weighted by molar-refractivity contribution is -0.116. The topological polar surface area (TPSA) is 41.1 Å². The summed E-state index contributed by atoms with van der Waals surface area (Å²) in [4.78, 5) is 11.9. The Hall–Kier alpha value is -0.620. The minimum Gasteiger partial charge on any atom is -0.326 e. The Bertz CT molecular complexity index is 442. The molecule has 1 aliphatic heterocycles. The Labute approximate surface area is 128 Å². The second-order valence-electron chi connectivity index (χ2n) is 5.26. The third-order valence-electron chi connectivity index (χ3n) is 3.63. The number of piperidine rings is 1. The van der Waals surface area contributed by atoms with Crippen LogP contribution in [-0.4, -0.2) is 19.0 Å². The van der Waals surface area contributed by atoms with E-state index in [0.717, 1.165) is 25.2 Å². The molecule has 1 unspecified atom stereocenters. The van der Waals surface area contributed by atoms with Crippen LogP contribution < -0.4 is 10.6 Å². The highest BCUT2D eigenvalue weighted by Crippen LogP contribution is 2.19. The highest BCUT2D eigenvalue weighted by atomic mass is 127. The van der Waals surface area contributed by atoms with Gasteiger partial charge in [0.05, 0.1) is 0 Å². The largest absolute Gasteiger partial charge is 0.326 e. The van der Waals surface area contributed by atoms with E-state index in [0.29, 0.717) is 12.3 Å². The maximum atomic E-state index is 11.9. The molecule has 4 heteroatoms. The number of carbonyl (C=O) groups excluding carboxylic acids is 1. The van der Waals surface area contributed by atoms with Gasteiger partial charge in [0.25, 0.3) is 0 Å². The number of anilines is 1. The smallest absolute Gasteiger partial charge is 0.224 e. The molecule has 1 saturated heterocycles. The molecule has 1 aromatic rings. The predicted octanol–water partition coefficient (Wildman–Crippen LogP) is 3.32. The van der Waals surface area contributed by atoms with Gasteiger partial charge >= 0.3 is 0 Å². The number of hydrogen-bond acceptors (Lipinski definition) is 2. The van der Waals surface area contributed by atoms with E-state index < -0.39 is 0 Å². The van der Waals surface area contributed by atoms with Crippen LogP contribution in [0.2, 0.25) is 0 Å². The first-order chi connectivity index (χ1) is 9.15. The van der Waals surface area contributed by atoms with Crippen LogP contribution in [-0.2, 0) is 4.79 Å². The van der Waals surface area contributed by atoms with Crippen LogP contribution >= 0.6 is 22.6 Å². The fraction of sp³-hybridized carbons (Fsp3) is 0.533. The zero-order chi connectivity index (χ0) is 13.7. The molecule has 19 heavy (non-hydrogen) atoms. The molecule has 0 bridgehead atoms. The van der Waals surface area contributed by atoms with Crippen molar-refractivity contribution in [1.82, 2.24) is 5.32 Å². The second kappa shape index (κ2) is 7.24. The summed E-state index contributed by atoms with van der Waals surface area (Å²) in [5.41, 5.74) is 2.15. The van der Waals surface area contributed by atoms with Crippen molar-refractivity contribution in [2.45, 2.75) is 32.6 Å². The van der Waals surface area contributed by atoms with Gasteiger partial charge in [-0.2, -0.15) is 0 Å². The van der Waals surface area contributed by atoms with Crippen molar-refractivity contribution in [3.63, 3.8) is 0 Å². The van der Waals surface area contributed by atoms with Crippen LogP contribution in [0.3, 0.4) is 0 Å². The standard InChI is InChI=1S/C15H21IN2O/c1-11-4-6-13(9-14(11)16)18-15(19)7-5-12-3-2-8-17-10-12/h4,6,9,12,17H,2-3,5,7-8,10H2,1H3,(H,18,19). The van der Waals surface area contributed by atoms with Crippen molar-refractivity contribution in [2.24, 2.45) is 5.92 Å². The Morgan fingerprint density at radius 3 is 3.05 bits per heavy atom. The number of halogens is 1. The molecule has 2 rings (SSSR count). The molecule has 1 amide bonds. The number of carbonyl (C=O) groups is 1. The molecule has 0 spiro atoms. The first-order valence-corrected chi connectivity index (χ1v) is 8.00. The van der Waals surface area contributed by atoms with Crippen molar-refractivity contribution in [1.29, 1.82) is 0 Å². The highest BCUT2D eigenvalue weighted by molar-refractivity contribution is 14.1. The van der Waals surface area contributed by atoms with Gasteiger partial charge in [-0.25, -0.2) is 0 Å². The quantitative estimate of drug-likeness (QED) is 0.797. The third-order valence-corrected chi connectivity index (χ3v) is 4.80. The summed E-state index contributed by atoms with van der Waals surface area (Å²) >= 11 is 2.29.